The number of esters is 3. The van der Waals surface area contributed by atoms with Crippen molar-refractivity contribution in [1.82, 2.24) is 4.98 Å². The number of aryl methyl sites for hydroxylation is 6. The Bertz CT molecular complexity index is 5280. The third kappa shape index (κ3) is 41.2. The molecule has 0 saturated carbocycles. The molecule has 0 aliphatic carbocycles. The number of hydrogen-bond donors (Lipinski definition) is 6. The highest BCUT2D eigenvalue weighted by Gasteiger charge is 2.45. The number of methoxy groups -OCH3 is 1. The first-order valence-electron chi connectivity index (χ1n) is 47.2. The van der Waals surface area contributed by atoms with Gasteiger partial charge in [0.2, 0.25) is 0 Å². The number of nitro benzene ring substituents is 1. The van der Waals surface area contributed by atoms with E-state index in [-0.39, 0.29) is 52.9 Å². The molecular weight excluding hydrogens is 1730 g/mol. The third-order valence-electron chi connectivity index (χ3n) is 23.3. The summed E-state index contributed by atoms with van der Waals surface area (Å²) in [5, 5.41) is 62.5. The summed E-state index contributed by atoms with van der Waals surface area (Å²) in [4.78, 5) is 108. The van der Waals surface area contributed by atoms with Gasteiger partial charge in [0.25, 0.3) is 15.7 Å². The number of ketones is 3. The number of carbonyl (C=O) groups is 8. The van der Waals surface area contributed by atoms with Crippen LogP contribution < -0.4 is 4.72 Å². The standard InChI is InChI=1S/C31H36N2O5S.C26H33NO6.C16H20O3.C14H20O3.C12H16O.C7H6O.C5H10O/c1-4-17-31(18-16-23-10-7-6-8-11-23)20-27(34)29(30(35)38-31)26(5-2)24-12-9-13-25(19-24)33-39(36,37)28-15-14-22(3)21-32-28;1-4-15-26(30,16-14-19-10-7-6-8-11-19)18-23(28)24(25(29)33-3)22(5-2)20-12-9-13-21(17-20)27(31)32;1-2-9-16(12-14(17)11-15(18)19-16)10-8-13-6-4-3-5-7-13;1-2-9-14(17,11-13(15)16)10-8-12-6-4-3-5-7-12;1-2-6-12(13)10-9-11-7-4-3-5-8-11;8-6-7-4-2-1-3-5-7;1-3-4-5(2)6/h6-15,19,21,26,33-34H,4-5,16-18,20H2,1-3H3;6-13,17,22,24,30H,4-5,14-16,18H2,1-3H3;3-7,11,17H,2,8-10,12H2,1H3;3-7,17H,2,8-11H2,1H3,(H,15,16);3-5,7-8H,2,6,9-10H2,1H3;1-6H;3-4H2,1-2H3/t26-,31-;22-,24?,26-;16-;14-;;;/m1111.../s1. The molecule has 3 heterocycles. The summed E-state index contributed by atoms with van der Waals surface area (Å²) in [5.74, 6) is -4.32. The molecule has 24 heteroatoms. The largest absolute Gasteiger partial charge is 0.512 e. The van der Waals surface area contributed by atoms with Gasteiger partial charge in [-0.2, -0.15) is 8.42 Å². The lowest BCUT2D eigenvalue weighted by molar-refractivity contribution is -0.385. The number of pyridine rings is 1. The predicted octanol–water partition coefficient (Wildman–Crippen LogP) is 23.7. The van der Waals surface area contributed by atoms with E-state index in [0.717, 1.165) is 111 Å². The van der Waals surface area contributed by atoms with Crippen molar-refractivity contribution in [2.24, 2.45) is 5.92 Å². The number of carbonyl (C=O) groups excluding carboxylic acids is 7. The molecule has 1 unspecified atom stereocenters. The van der Waals surface area contributed by atoms with Crippen molar-refractivity contribution >= 4 is 68.9 Å². The predicted molar refractivity (Wildman–Crippen MR) is 531 cm³/mol. The van der Waals surface area contributed by atoms with Gasteiger partial charge in [0.15, 0.2) is 10.8 Å². The van der Waals surface area contributed by atoms with Gasteiger partial charge in [0, 0.05) is 79.9 Å². The number of cyclic esters (lactones) is 2. The quantitative estimate of drug-likeness (QED) is 0.00516. The van der Waals surface area contributed by atoms with E-state index < -0.39 is 84.8 Å². The average Bonchev–Trinajstić information content (AvgIpc) is 0.770. The van der Waals surface area contributed by atoms with E-state index >= 15 is 0 Å². The van der Waals surface area contributed by atoms with E-state index in [1.807, 2.05) is 195 Å². The zero-order valence-electron chi connectivity index (χ0n) is 80.5. The highest BCUT2D eigenvalue weighted by atomic mass is 32.2. The van der Waals surface area contributed by atoms with Crippen LogP contribution in [0.5, 0.6) is 0 Å². The first-order chi connectivity index (χ1) is 64.6. The molecule has 0 fully saturated rings. The molecule has 2 aliphatic heterocycles. The van der Waals surface area contributed by atoms with Gasteiger partial charge in [-0.1, -0.05) is 293 Å². The van der Waals surface area contributed by atoms with Gasteiger partial charge < -0.3 is 44.5 Å². The number of carboxylic acid groups (broad SMARTS) is 1. The van der Waals surface area contributed by atoms with Crippen molar-refractivity contribution in [3.63, 3.8) is 0 Å². The number of anilines is 1. The van der Waals surface area contributed by atoms with Crippen molar-refractivity contribution < 1.29 is 91.4 Å². The minimum Gasteiger partial charge on any atom is -0.512 e. The molecule has 8 aromatic carbocycles. The smallest absolute Gasteiger partial charge is 0.338 e. The summed E-state index contributed by atoms with van der Waals surface area (Å²) < 4.78 is 44.9. The lowest BCUT2D eigenvalue weighted by Crippen LogP contribution is -2.41. The number of Topliss-reactive ketones (excluding diaryl/α,β-unsaturated/α-hetero) is 3. The monoisotopic (exact) mass is 1870 g/mol. The van der Waals surface area contributed by atoms with Crippen LogP contribution in [0.25, 0.3) is 0 Å². The fourth-order valence-electron chi connectivity index (χ4n) is 16.6. The number of aliphatic carboxylic acids is 1. The number of aliphatic hydroxyl groups is 4. The number of sulfonamides is 1. The summed E-state index contributed by atoms with van der Waals surface area (Å²) in [6.45, 7) is 19.2. The van der Waals surface area contributed by atoms with Crippen molar-refractivity contribution in [2.75, 3.05) is 11.8 Å². The highest BCUT2D eigenvalue weighted by molar-refractivity contribution is 7.92. The zero-order valence-corrected chi connectivity index (χ0v) is 81.3. The van der Waals surface area contributed by atoms with Crippen LogP contribution in [0.3, 0.4) is 0 Å². The second kappa shape index (κ2) is 60.1. The molecule has 11 rings (SSSR count). The Morgan fingerprint density at radius 1 is 0.548 bits per heavy atom. The molecule has 6 N–H and O–H groups in total. The van der Waals surface area contributed by atoms with E-state index in [4.69, 9.17) is 19.3 Å². The normalized spacial score (nSPS) is 15.8. The number of non-ortho nitro benzene ring substituents is 1. The Balaban J connectivity index is 0.000000300. The number of rotatable bonds is 44. The highest BCUT2D eigenvalue weighted by Crippen LogP contribution is 2.43. The van der Waals surface area contributed by atoms with Crippen LogP contribution in [0.4, 0.5) is 11.4 Å². The zero-order chi connectivity index (χ0) is 99.3. The summed E-state index contributed by atoms with van der Waals surface area (Å²) in [6.07, 6.45) is 20.5. The van der Waals surface area contributed by atoms with Gasteiger partial charge in [-0.05, 0) is 186 Å². The molecule has 726 valence electrons. The van der Waals surface area contributed by atoms with Gasteiger partial charge in [-0.25, -0.2) is 14.6 Å². The van der Waals surface area contributed by atoms with Gasteiger partial charge in [-0.15, -0.1) is 0 Å². The first-order valence-corrected chi connectivity index (χ1v) is 48.7. The Morgan fingerprint density at radius 2 is 1.02 bits per heavy atom. The Morgan fingerprint density at radius 3 is 1.43 bits per heavy atom. The maximum Gasteiger partial charge on any atom is 0.338 e. The van der Waals surface area contributed by atoms with Crippen molar-refractivity contribution in [3.05, 3.63) is 332 Å². The van der Waals surface area contributed by atoms with E-state index in [1.54, 1.807) is 55.5 Å². The molecule has 0 amide bonds. The fraction of sp³-hybridized carbons (Fsp3) is 0.414. The summed E-state index contributed by atoms with van der Waals surface area (Å²) in [7, 11) is -2.67. The molecule has 0 saturated heterocycles. The number of nitrogens with one attached hydrogen (secondary N) is 1. The summed E-state index contributed by atoms with van der Waals surface area (Å²) >= 11 is 0. The van der Waals surface area contributed by atoms with Gasteiger partial charge in [-0.3, -0.25) is 38.8 Å². The van der Waals surface area contributed by atoms with Crippen LogP contribution >= 0.6 is 0 Å². The Labute approximate surface area is 798 Å². The number of nitrogens with zero attached hydrogens (tertiary/aromatic N) is 2. The molecule has 7 atom stereocenters. The lowest BCUT2D eigenvalue weighted by atomic mass is 9.76. The molecular formula is C111H141N3O20S. The van der Waals surface area contributed by atoms with E-state index in [2.05, 4.69) is 53.0 Å². The van der Waals surface area contributed by atoms with E-state index in [1.165, 1.54) is 48.7 Å². The van der Waals surface area contributed by atoms with Crippen LogP contribution in [0, 0.1) is 23.0 Å². The maximum atomic E-state index is 13.4. The number of hydrogen-bond acceptors (Lipinski definition) is 20. The number of nitro groups is 1. The number of aldehydes is 1. The van der Waals surface area contributed by atoms with Crippen molar-refractivity contribution in [1.29, 1.82) is 0 Å². The third-order valence-corrected chi connectivity index (χ3v) is 24.6. The van der Waals surface area contributed by atoms with Gasteiger partial charge in [0.05, 0.1) is 41.3 Å². The number of benzene rings is 8. The lowest BCUT2D eigenvalue weighted by Gasteiger charge is -2.38. The number of carboxylic acids is 1. The Kier molecular flexibility index (Phi) is 50.3. The van der Waals surface area contributed by atoms with Gasteiger partial charge >= 0.3 is 23.9 Å². The van der Waals surface area contributed by atoms with Crippen LogP contribution in [0.2, 0.25) is 0 Å². The number of ether oxygens (including phenoxy) is 3. The molecule has 2 aliphatic rings. The Hall–Kier alpha value is -12.4. The van der Waals surface area contributed by atoms with Crippen LogP contribution in [-0.4, -0.2) is 121 Å². The second-order valence-electron chi connectivity index (χ2n) is 34.6. The molecule has 23 nitrogen and oxygen atoms in total. The molecule has 1 aromatic heterocycles. The maximum absolute atomic E-state index is 13.4. The molecule has 9 aromatic rings. The topological polar surface area (TPSA) is 368 Å². The van der Waals surface area contributed by atoms with E-state index in [0.29, 0.717) is 106 Å². The number of aromatic nitrogens is 1. The minimum atomic E-state index is -3.89. The molecule has 135 heavy (non-hydrogen) atoms. The second-order valence-corrected chi connectivity index (χ2v) is 36.2. The van der Waals surface area contributed by atoms with Crippen molar-refractivity contribution in [2.45, 2.75) is 288 Å². The number of aliphatic hydroxyl groups excluding tert-OH is 2. The van der Waals surface area contributed by atoms with Crippen LogP contribution in [0.15, 0.2) is 277 Å². The average molecular weight is 1870 g/mol. The van der Waals surface area contributed by atoms with Gasteiger partial charge in [0.1, 0.15) is 46.5 Å². The fourth-order valence-corrected chi connectivity index (χ4v) is 17.6. The summed E-state index contributed by atoms with van der Waals surface area (Å²) in [5.41, 5.74) is 5.51. The minimum absolute atomic E-state index is 0.0504. The summed E-state index contributed by atoms with van der Waals surface area (Å²) in [6, 6.07) is 75.0. The molecule has 0 spiro atoms. The first kappa shape index (κ1) is 113. The van der Waals surface area contributed by atoms with Crippen molar-refractivity contribution in [3.8, 4) is 0 Å². The molecule has 0 radical (unpaired) electrons. The van der Waals surface area contributed by atoms with E-state index in [9.17, 15) is 77.3 Å². The SMILES string of the molecule is CCCC(=O)CCc1ccccc1.CCCC(C)=O.CCC[C@@](O)(CCc1ccccc1)CC(=O)C(C(=O)OC)[C@H](CC)c1cccc([N+](=O)[O-])c1.CCC[C@@](O)(CCc1ccccc1)CC(=O)O.CCC[C@@]1(CCc2ccccc2)CC(O)=C([C@H](CC)c2cccc(NS(=O)(=O)c3ccc(C)cn3)c2)C(=O)O1.CCC[C@@]1(CCc2ccccc2)CC(O)=CC(=O)O1.O=Cc1ccccc1. The van der Waals surface area contributed by atoms with Crippen LogP contribution in [0.1, 0.15) is 277 Å². The van der Waals surface area contributed by atoms with Crippen LogP contribution in [-0.2, 0) is 89.9 Å². The molecule has 0 bridgehead atoms.